The molecule has 0 radical (unpaired) electrons. The highest BCUT2D eigenvalue weighted by Crippen LogP contribution is 2.14. The van der Waals surface area contributed by atoms with E-state index in [0.717, 1.165) is 32.5 Å². The van der Waals surface area contributed by atoms with Crippen molar-refractivity contribution in [3.63, 3.8) is 0 Å². The topological polar surface area (TPSA) is 113 Å². The van der Waals surface area contributed by atoms with Gasteiger partial charge in [-0.3, -0.25) is 9.55 Å². The smallest absolute Gasteiger partial charge is 0.355 e. The summed E-state index contributed by atoms with van der Waals surface area (Å²) in [4.78, 5) is 39.3. The molecule has 0 amide bonds. The summed E-state index contributed by atoms with van der Waals surface area (Å²) in [7, 11) is 3.12. The molecule has 4 rings (SSSR count). The van der Waals surface area contributed by atoms with Crippen LogP contribution in [0.25, 0.3) is 0 Å². The molecular formula is C26H28N6O4. The average molecular weight is 489 g/mol. The van der Waals surface area contributed by atoms with Gasteiger partial charge in [0.2, 0.25) is 11.8 Å². The lowest BCUT2D eigenvalue weighted by atomic mass is 10.1. The van der Waals surface area contributed by atoms with Gasteiger partial charge in [0.05, 0.1) is 27.3 Å². The second-order valence-corrected chi connectivity index (χ2v) is 8.34. The SMILES string of the molecule is COc1ccc(Cn2c(=O)nc(NCc3cnc(C)cc3C)n(Cc3ccc(OC)nc3)c2=O)cc1. The molecule has 3 aromatic heterocycles. The molecule has 186 valence electrons. The van der Waals surface area contributed by atoms with E-state index in [1.807, 2.05) is 38.1 Å². The molecule has 0 aliphatic heterocycles. The number of anilines is 1. The van der Waals surface area contributed by atoms with Crippen molar-refractivity contribution in [1.29, 1.82) is 0 Å². The number of nitrogens with one attached hydrogen (secondary N) is 1. The van der Waals surface area contributed by atoms with Crippen LogP contribution in [0.2, 0.25) is 0 Å². The molecule has 1 N–H and O–H groups in total. The minimum absolute atomic E-state index is 0.0802. The fourth-order valence-electron chi connectivity index (χ4n) is 3.75. The maximum absolute atomic E-state index is 13.6. The molecule has 0 spiro atoms. The van der Waals surface area contributed by atoms with Crippen molar-refractivity contribution >= 4 is 5.95 Å². The van der Waals surface area contributed by atoms with Crippen LogP contribution in [-0.4, -0.2) is 38.3 Å². The van der Waals surface area contributed by atoms with Crippen molar-refractivity contribution < 1.29 is 9.47 Å². The van der Waals surface area contributed by atoms with Crippen molar-refractivity contribution in [3.8, 4) is 11.6 Å². The average Bonchev–Trinajstić information content (AvgIpc) is 2.88. The minimum Gasteiger partial charge on any atom is -0.497 e. The second-order valence-electron chi connectivity index (χ2n) is 8.34. The summed E-state index contributed by atoms with van der Waals surface area (Å²) in [6, 6.07) is 12.7. The Morgan fingerprint density at radius 1 is 0.861 bits per heavy atom. The minimum atomic E-state index is -0.638. The van der Waals surface area contributed by atoms with Gasteiger partial charge in [0.15, 0.2) is 0 Å². The van der Waals surface area contributed by atoms with Crippen molar-refractivity contribution in [3.05, 3.63) is 104 Å². The van der Waals surface area contributed by atoms with Crippen LogP contribution in [0.15, 0.2) is 64.4 Å². The largest absolute Gasteiger partial charge is 0.497 e. The van der Waals surface area contributed by atoms with E-state index >= 15 is 0 Å². The third-order valence-electron chi connectivity index (χ3n) is 5.79. The number of pyridine rings is 2. The molecule has 4 aromatic rings. The molecule has 0 aliphatic carbocycles. The fraction of sp³-hybridized carbons (Fsp3) is 0.269. The quantitative estimate of drug-likeness (QED) is 0.382. The lowest BCUT2D eigenvalue weighted by Gasteiger charge is -2.16. The first-order chi connectivity index (χ1) is 17.4. The van der Waals surface area contributed by atoms with Gasteiger partial charge in [0.25, 0.3) is 0 Å². The van der Waals surface area contributed by atoms with Gasteiger partial charge in [0.1, 0.15) is 5.75 Å². The molecule has 0 atom stereocenters. The first-order valence-electron chi connectivity index (χ1n) is 11.4. The number of methoxy groups -OCH3 is 2. The van der Waals surface area contributed by atoms with Crippen molar-refractivity contribution in [2.45, 2.75) is 33.5 Å². The molecule has 10 nitrogen and oxygen atoms in total. The van der Waals surface area contributed by atoms with Crippen LogP contribution in [0.1, 0.15) is 27.9 Å². The van der Waals surface area contributed by atoms with E-state index in [2.05, 4.69) is 20.3 Å². The molecule has 1 aromatic carbocycles. The van der Waals surface area contributed by atoms with Gasteiger partial charge in [-0.1, -0.05) is 18.2 Å². The predicted octanol–water partition coefficient (Wildman–Crippen LogP) is 2.54. The monoisotopic (exact) mass is 488 g/mol. The summed E-state index contributed by atoms with van der Waals surface area (Å²) in [6.07, 6.45) is 3.40. The van der Waals surface area contributed by atoms with Crippen LogP contribution in [0.4, 0.5) is 5.95 Å². The Hall–Kier alpha value is -4.47. The molecule has 0 bridgehead atoms. The number of benzene rings is 1. The lowest BCUT2D eigenvalue weighted by molar-refractivity contribution is 0.397. The Morgan fingerprint density at radius 2 is 1.58 bits per heavy atom. The van der Waals surface area contributed by atoms with E-state index in [1.165, 1.54) is 11.7 Å². The molecule has 0 fully saturated rings. The van der Waals surface area contributed by atoms with Gasteiger partial charge in [-0.25, -0.2) is 19.1 Å². The molecular weight excluding hydrogens is 460 g/mol. The highest BCUT2D eigenvalue weighted by Gasteiger charge is 2.15. The molecule has 0 unspecified atom stereocenters. The number of aromatic nitrogens is 5. The maximum Gasteiger partial charge on any atom is 0.355 e. The number of hydrogen-bond donors (Lipinski definition) is 1. The van der Waals surface area contributed by atoms with Gasteiger partial charge >= 0.3 is 11.4 Å². The van der Waals surface area contributed by atoms with Crippen LogP contribution in [0.5, 0.6) is 11.6 Å². The van der Waals surface area contributed by atoms with Crippen molar-refractivity contribution in [2.75, 3.05) is 19.5 Å². The Kier molecular flexibility index (Phi) is 7.43. The standard InChI is InChI=1S/C26H28N6O4/c1-17-11-18(2)27-13-21(17)14-29-24-30-25(33)32(15-19-5-8-22(35-3)9-6-19)26(34)31(24)16-20-7-10-23(36-4)28-12-20/h5-13H,14-16H2,1-4H3,(H,29,30,33). The third-order valence-corrected chi connectivity index (χ3v) is 5.79. The molecule has 3 heterocycles. The van der Waals surface area contributed by atoms with Gasteiger partial charge < -0.3 is 14.8 Å². The number of hydrogen-bond acceptors (Lipinski definition) is 8. The zero-order valence-electron chi connectivity index (χ0n) is 20.7. The summed E-state index contributed by atoms with van der Waals surface area (Å²) in [6.45, 7) is 4.52. The van der Waals surface area contributed by atoms with Crippen LogP contribution >= 0.6 is 0 Å². The van der Waals surface area contributed by atoms with Gasteiger partial charge in [-0.2, -0.15) is 4.98 Å². The second kappa shape index (κ2) is 10.9. The Morgan fingerprint density at radius 3 is 2.22 bits per heavy atom. The lowest BCUT2D eigenvalue weighted by Crippen LogP contribution is -2.43. The van der Waals surface area contributed by atoms with Crippen LogP contribution in [0.3, 0.4) is 0 Å². The Labute approximate surface area is 208 Å². The van der Waals surface area contributed by atoms with E-state index in [9.17, 15) is 9.59 Å². The summed E-state index contributed by atoms with van der Waals surface area (Å²) in [5, 5.41) is 3.16. The molecule has 0 saturated heterocycles. The summed E-state index contributed by atoms with van der Waals surface area (Å²) in [5.74, 6) is 1.33. The summed E-state index contributed by atoms with van der Waals surface area (Å²) >= 11 is 0. The highest BCUT2D eigenvalue weighted by molar-refractivity contribution is 5.33. The fourth-order valence-corrected chi connectivity index (χ4v) is 3.75. The van der Waals surface area contributed by atoms with E-state index in [0.29, 0.717) is 18.2 Å². The molecule has 0 saturated carbocycles. The maximum atomic E-state index is 13.6. The van der Waals surface area contributed by atoms with Crippen molar-refractivity contribution in [2.24, 2.45) is 0 Å². The summed E-state index contributed by atoms with van der Waals surface area (Å²) in [5.41, 5.74) is 3.32. The van der Waals surface area contributed by atoms with E-state index < -0.39 is 11.4 Å². The first kappa shape index (κ1) is 24.6. The molecule has 0 aliphatic rings. The predicted molar refractivity (Wildman–Crippen MR) is 136 cm³/mol. The van der Waals surface area contributed by atoms with Gasteiger partial charge in [0, 0.05) is 30.7 Å². The molecule has 36 heavy (non-hydrogen) atoms. The van der Waals surface area contributed by atoms with Crippen LogP contribution < -0.4 is 26.2 Å². The Balaban J connectivity index is 1.71. The normalized spacial score (nSPS) is 10.8. The first-order valence-corrected chi connectivity index (χ1v) is 11.4. The number of nitrogens with zero attached hydrogens (tertiary/aromatic N) is 5. The summed E-state index contributed by atoms with van der Waals surface area (Å²) < 4.78 is 12.9. The van der Waals surface area contributed by atoms with Crippen molar-refractivity contribution in [1.82, 2.24) is 24.1 Å². The van der Waals surface area contributed by atoms with Crippen LogP contribution in [0, 0.1) is 13.8 Å². The molecule has 10 heteroatoms. The van der Waals surface area contributed by atoms with Gasteiger partial charge in [-0.05, 0) is 54.3 Å². The number of rotatable bonds is 9. The van der Waals surface area contributed by atoms with E-state index in [4.69, 9.17) is 9.47 Å². The number of ether oxygens (including phenoxy) is 2. The van der Waals surface area contributed by atoms with Crippen LogP contribution in [-0.2, 0) is 19.6 Å². The zero-order valence-corrected chi connectivity index (χ0v) is 20.7. The zero-order chi connectivity index (χ0) is 25.7. The third kappa shape index (κ3) is 5.60. The van der Waals surface area contributed by atoms with E-state index in [1.54, 1.807) is 37.7 Å². The van der Waals surface area contributed by atoms with E-state index in [-0.39, 0.29) is 19.0 Å². The highest BCUT2D eigenvalue weighted by atomic mass is 16.5. The number of aryl methyl sites for hydroxylation is 2. The van der Waals surface area contributed by atoms with Gasteiger partial charge in [-0.15, -0.1) is 0 Å². The Bertz CT molecular complexity index is 1460.